The molecule has 0 aromatic heterocycles. The maximum Gasteiger partial charge on any atom is 0.243 e. The zero-order chi connectivity index (χ0) is 19.6. The van der Waals surface area contributed by atoms with Crippen molar-refractivity contribution in [2.75, 3.05) is 18.4 Å². The van der Waals surface area contributed by atoms with Gasteiger partial charge < -0.3 is 5.32 Å². The summed E-state index contributed by atoms with van der Waals surface area (Å²) in [5.74, 6) is -1.09. The number of benzene rings is 2. The van der Waals surface area contributed by atoms with E-state index in [1.807, 2.05) is 32.0 Å². The quantitative estimate of drug-likeness (QED) is 0.869. The second-order valence-electron chi connectivity index (χ2n) is 6.91. The lowest BCUT2D eigenvalue weighted by Crippen LogP contribution is -2.43. The summed E-state index contributed by atoms with van der Waals surface area (Å²) >= 11 is 0. The average molecular weight is 390 g/mol. The van der Waals surface area contributed by atoms with Crippen molar-refractivity contribution in [1.29, 1.82) is 0 Å². The molecule has 0 bridgehead atoms. The summed E-state index contributed by atoms with van der Waals surface area (Å²) in [4.78, 5) is 12.8. The van der Waals surface area contributed by atoms with Crippen molar-refractivity contribution in [1.82, 2.24) is 4.31 Å². The molecule has 2 aromatic rings. The van der Waals surface area contributed by atoms with Gasteiger partial charge in [0.2, 0.25) is 15.9 Å². The monoisotopic (exact) mass is 390 g/mol. The molecule has 0 saturated carbocycles. The van der Waals surface area contributed by atoms with Crippen LogP contribution in [0.15, 0.2) is 47.4 Å². The topological polar surface area (TPSA) is 66.5 Å². The molecule has 5 nitrogen and oxygen atoms in total. The molecule has 0 spiro atoms. The normalized spacial score (nSPS) is 18.3. The first kappa shape index (κ1) is 19.5. The van der Waals surface area contributed by atoms with Crippen LogP contribution >= 0.6 is 0 Å². The fourth-order valence-corrected chi connectivity index (χ4v) is 4.89. The van der Waals surface area contributed by atoms with E-state index in [2.05, 4.69) is 5.32 Å². The number of hydrogen-bond donors (Lipinski definition) is 1. The van der Waals surface area contributed by atoms with E-state index < -0.39 is 21.8 Å². The number of hydrogen-bond acceptors (Lipinski definition) is 3. The Labute approximate surface area is 159 Å². The molecule has 2 aromatic carbocycles. The summed E-state index contributed by atoms with van der Waals surface area (Å²) in [5.41, 5.74) is 2.71. The molecule has 1 atom stereocenters. The Morgan fingerprint density at radius 2 is 1.74 bits per heavy atom. The van der Waals surface area contributed by atoms with Crippen LogP contribution in [0.3, 0.4) is 0 Å². The molecule has 1 heterocycles. The Morgan fingerprint density at radius 1 is 1.11 bits per heavy atom. The number of rotatable bonds is 4. The molecule has 1 aliphatic rings. The van der Waals surface area contributed by atoms with Gasteiger partial charge >= 0.3 is 0 Å². The lowest BCUT2D eigenvalue weighted by atomic mass is 9.98. The Bertz CT molecular complexity index is 922. The van der Waals surface area contributed by atoms with E-state index in [0.29, 0.717) is 19.4 Å². The molecule has 0 unspecified atom stereocenters. The summed E-state index contributed by atoms with van der Waals surface area (Å²) in [7, 11) is -3.75. The van der Waals surface area contributed by atoms with Crippen LogP contribution in [-0.2, 0) is 14.8 Å². The summed E-state index contributed by atoms with van der Waals surface area (Å²) in [6.07, 6.45) is 1.23. The van der Waals surface area contributed by atoms with Crippen molar-refractivity contribution < 1.29 is 17.6 Å². The van der Waals surface area contributed by atoms with Gasteiger partial charge in [0.15, 0.2) is 0 Å². The molecule has 0 aliphatic carbocycles. The summed E-state index contributed by atoms with van der Waals surface area (Å²) in [6, 6.07) is 10.5. The van der Waals surface area contributed by atoms with Crippen LogP contribution in [0, 0.1) is 25.6 Å². The maximum absolute atomic E-state index is 13.1. The third kappa shape index (κ3) is 4.20. The Kier molecular flexibility index (Phi) is 5.62. The Balaban J connectivity index is 1.75. The summed E-state index contributed by atoms with van der Waals surface area (Å²) in [6.45, 7) is 4.33. The van der Waals surface area contributed by atoms with Gasteiger partial charge in [-0.3, -0.25) is 4.79 Å². The van der Waals surface area contributed by atoms with E-state index in [-0.39, 0.29) is 17.3 Å². The van der Waals surface area contributed by atoms with Crippen LogP contribution in [0.25, 0.3) is 0 Å². The highest BCUT2D eigenvalue weighted by molar-refractivity contribution is 7.89. The van der Waals surface area contributed by atoms with Crippen LogP contribution in [-0.4, -0.2) is 31.7 Å². The number of aryl methyl sites for hydroxylation is 2. The molecular formula is C20H23FN2O3S. The third-order valence-electron chi connectivity index (χ3n) is 4.94. The molecule has 1 amide bonds. The van der Waals surface area contributed by atoms with Crippen LogP contribution in [0.2, 0.25) is 0 Å². The van der Waals surface area contributed by atoms with E-state index in [9.17, 15) is 17.6 Å². The van der Waals surface area contributed by atoms with Gasteiger partial charge in [-0.15, -0.1) is 0 Å². The van der Waals surface area contributed by atoms with Gasteiger partial charge in [-0.25, -0.2) is 12.8 Å². The van der Waals surface area contributed by atoms with Crippen LogP contribution in [0.4, 0.5) is 10.1 Å². The highest BCUT2D eigenvalue weighted by Gasteiger charge is 2.33. The van der Waals surface area contributed by atoms with E-state index in [1.165, 1.54) is 16.4 Å². The van der Waals surface area contributed by atoms with Gasteiger partial charge in [0.05, 0.1) is 10.8 Å². The SMILES string of the molecule is Cc1cccc(C)c1NC(=O)[C@H]1CCCN(S(=O)(=O)c2ccc(F)cc2)C1. The Hall–Kier alpha value is -2.25. The van der Waals surface area contributed by atoms with Gasteiger partial charge in [0, 0.05) is 18.8 Å². The van der Waals surface area contributed by atoms with Crippen molar-refractivity contribution in [3.8, 4) is 0 Å². The molecule has 1 N–H and O–H groups in total. The number of nitrogens with one attached hydrogen (secondary N) is 1. The fourth-order valence-electron chi connectivity index (χ4n) is 3.37. The van der Waals surface area contributed by atoms with Crippen molar-refractivity contribution in [3.63, 3.8) is 0 Å². The van der Waals surface area contributed by atoms with E-state index in [0.717, 1.165) is 28.9 Å². The number of halogens is 1. The van der Waals surface area contributed by atoms with Crippen LogP contribution in [0.1, 0.15) is 24.0 Å². The van der Waals surface area contributed by atoms with Gasteiger partial charge in [0.25, 0.3) is 0 Å². The predicted octanol–water partition coefficient (Wildman–Crippen LogP) is 3.48. The number of piperidine rings is 1. The molecule has 3 rings (SSSR count). The predicted molar refractivity (Wildman–Crippen MR) is 102 cm³/mol. The number of carbonyl (C=O) groups excluding carboxylic acids is 1. The van der Waals surface area contributed by atoms with Crippen LogP contribution < -0.4 is 5.32 Å². The number of nitrogens with zero attached hydrogens (tertiary/aromatic N) is 1. The molecule has 7 heteroatoms. The number of amides is 1. The molecule has 144 valence electrons. The molecule has 27 heavy (non-hydrogen) atoms. The molecule has 0 radical (unpaired) electrons. The highest BCUT2D eigenvalue weighted by Crippen LogP contribution is 2.26. The first-order valence-corrected chi connectivity index (χ1v) is 10.4. The number of anilines is 1. The third-order valence-corrected chi connectivity index (χ3v) is 6.82. The minimum Gasteiger partial charge on any atom is -0.325 e. The fraction of sp³-hybridized carbons (Fsp3) is 0.350. The number of para-hydroxylation sites is 1. The summed E-state index contributed by atoms with van der Waals surface area (Å²) < 4.78 is 40.0. The lowest BCUT2D eigenvalue weighted by molar-refractivity contribution is -0.120. The average Bonchev–Trinajstić information content (AvgIpc) is 2.65. The standard InChI is InChI=1S/C20H23FN2O3S/c1-14-5-3-6-15(2)19(14)22-20(24)16-7-4-12-23(13-16)27(25,26)18-10-8-17(21)9-11-18/h3,5-6,8-11,16H,4,7,12-13H2,1-2H3,(H,22,24)/t16-/m0/s1. The van der Waals surface area contributed by atoms with Gasteiger partial charge in [-0.05, 0) is 62.1 Å². The maximum atomic E-state index is 13.1. The molecule has 1 fully saturated rings. The second-order valence-corrected chi connectivity index (χ2v) is 8.85. The summed E-state index contributed by atoms with van der Waals surface area (Å²) in [5, 5.41) is 2.96. The number of carbonyl (C=O) groups is 1. The van der Waals surface area contributed by atoms with E-state index >= 15 is 0 Å². The first-order chi connectivity index (χ1) is 12.8. The van der Waals surface area contributed by atoms with Crippen LogP contribution in [0.5, 0.6) is 0 Å². The van der Waals surface area contributed by atoms with E-state index in [4.69, 9.17) is 0 Å². The van der Waals surface area contributed by atoms with E-state index in [1.54, 1.807) is 0 Å². The van der Waals surface area contributed by atoms with Gasteiger partial charge in [-0.2, -0.15) is 4.31 Å². The zero-order valence-corrected chi connectivity index (χ0v) is 16.2. The van der Waals surface area contributed by atoms with Crippen molar-refractivity contribution >= 4 is 21.6 Å². The minimum atomic E-state index is -3.75. The van der Waals surface area contributed by atoms with Crippen molar-refractivity contribution in [2.24, 2.45) is 5.92 Å². The molecular weight excluding hydrogens is 367 g/mol. The highest BCUT2D eigenvalue weighted by atomic mass is 32.2. The second kappa shape index (κ2) is 7.78. The molecule has 1 aliphatic heterocycles. The van der Waals surface area contributed by atoms with Crippen molar-refractivity contribution in [3.05, 3.63) is 59.4 Å². The van der Waals surface area contributed by atoms with Gasteiger partial charge in [0.1, 0.15) is 5.82 Å². The van der Waals surface area contributed by atoms with Gasteiger partial charge in [-0.1, -0.05) is 18.2 Å². The van der Waals surface area contributed by atoms with Crippen molar-refractivity contribution in [2.45, 2.75) is 31.6 Å². The minimum absolute atomic E-state index is 0.0414. The zero-order valence-electron chi connectivity index (χ0n) is 15.4. The first-order valence-electron chi connectivity index (χ1n) is 8.92. The largest absolute Gasteiger partial charge is 0.325 e. The Morgan fingerprint density at radius 3 is 2.37 bits per heavy atom. The smallest absolute Gasteiger partial charge is 0.243 e. The number of sulfonamides is 1. The molecule has 1 saturated heterocycles. The lowest BCUT2D eigenvalue weighted by Gasteiger charge is -2.31.